The number of rotatable bonds is 1. The minimum absolute atomic E-state index is 0.130. The summed E-state index contributed by atoms with van der Waals surface area (Å²) in [6, 6.07) is 21.6. The van der Waals surface area contributed by atoms with Crippen LogP contribution in [-0.2, 0) is 0 Å². The highest BCUT2D eigenvalue weighted by atomic mass is 35.5. The van der Waals surface area contributed by atoms with Gasteiger partial charge < -0.3 is 10.5 Å². The van der Waals surface area contributed by atoms with Crippen LogP contribution in [0.4, 0.5) is 0 Å². The quantitative estimate of drug-likeness (QED) is 0.702. The van der Waals surface area contributed by atoms with Gasteiger partial charge in [-0.05, 0) is 28.5 Å². The first-order valence-corrected chi connectivity index (χ1v) is 7.92. The molecular formula is C20H13ClN2O. The van der Waals surface area contributed by atoms with E-state index in [4.69, 9.17) is 22.1 Å². The SMILES string of the molecule is N#CC1=C(N)Oc2ccc3ccccc3c2[C@@H]1c1ccccc1Cl. The first kappa shape index (κ1) is 14.6. The van der Waals surface area contributed by atoms with Crippen molar-refractivity contribution >= 4 is 22.4 Å². The second-order valence-corrected chi connectivity index (χ2v) is 6.05. The van der Waals surface area contributed by atoms with Gasteiger partial charge in [-0.1, -0.05) is 60.1 Å². The number of ether oxygens (including phenoxy) is 1. The van der Waals surface area contributed by atoms with Gasteiger partial charge in [0.15, 0.2) is 0 Å². The zero-order chi connectivity index (χ0) is 16.7. The molecule has 0 spiro atoms. The zero-order valence-electron chi connectivity index (χ0n) is 12.7. The molecule has 1 aliphatic rings. The van der Waals surface area contributed by atoms with E-state index in [2.05, 4.69) is 6.07 Å². The summed E-state index contributed by atoms with van der Waals surface area (Å²) in [6.45, 7) is 0. The second kappa shape index (κ2) is 5.59. The fourth-order valence-electron chi connectivity index (χ4n) is 3.26. The molecule has 0 saturated heterocycles. The van der Waals surface area contributed by atoms with E-state index in [0.29, 0.717) is 16.3 Å². The Morgan fingerprint density at radius 2 is 1.75 bits per heavy atom. The number of benzene rings is 3. The molecule has 0 bridgehead atoms. The van der Waals surface area contributed by atoms with Crippen LogP contribution in [0.2, 0.25) is 5.02 Å². The Balaban J connectivity index is 2.10. The smallest absolute Gasteiger partial charge is 0.205 e. The van der Waals surface area contributed by atoms with Gasteiger partial charge in [-0.15, -0.1) is 0 Å². The van der Waals surface area contributed by atoms with E-state index in [0.717, 1.165) is 21.9 Å². The van der Waals surface area contributed by atoms with Gasteiger partial charge in [-0.2, -0.15) is 5.26 Å². The average molecular weight is 333 g/mol. The number of allylic oxidation sites excluding steroid dienone is 1. The lowest BCUT2D eigenvalue weighted by Crippen LogP contribution is -2.21. The molecule has 3 aromatic rings. The van der Waals surface area contributed by atoms with Crippen molar-refractivity contribution in [3.05, 3.63) is 88.3 Å². The van der Waals surface area contributed by atoms with Gasteiger partial charge in [0.25, 0.3) is 0 Å². The Morgan fingerprint density at radius 3 is 2.54 bits per heavy atom. The second-order valence-electron chi connectivity index (χ2n) is 5.64. The molecule has 0 radical (unpaired) electrons. The van der Waals surface area contributed by atoms with Crippen LogP contribution in [0.1, 0.15) is 17.0 Å². The van der Waals surface area contributed by atoms with Gasteiger partial charge in [0, 0.05) is 10.6 Å². The number of halogens is 1. The fourth-order valence-corrected chi connectivity index (χ4v) is 3.51. The standard InChI is InChI=1S/C20H13ClN2O/c21-16-8-4-3-7-14(16)18-15(11-22)20(23)24-17-10-9-12-5-1-2-6-13(12)19(17)18/h1-10,18H,23H2/t18-/m1/s1. The monoisotopic (exact) mass is 332 g/mol. The third-order valence-corrected chi connectivity index (χ3v) is 4.67. The largest absolute Gasteiger partial charge is 0.440 e. The van der Waals surface area contributed by atoms with Gasteiger partial charge in [0.05, 0.1) is 5.92 Å². The molecule has 1 aliphatic heterocycles. The lowest BCUT2D eigenvalue weighted by molar-refractivity contribution is 0.395. The van der Waals surface area contributed by atoms with Crippen LogP contribution in [0.5, 0.6) is 5.75 Å². The summed E-state index contributed by atoms with van der Waals surface area (Å²) in [6.07, 6.45) is 0. The van der Waals surface area contributed by atoms with Gasteiger partial charge in [-0.25, -0.2) is 0 Å². The number of hydrogen-bond acceptors (Lipinski definition) is 3. The third-order valence-electron chi connectivity index (χ3n) is 4.33. The zero-order valence-corrected chi connectivity index (χ0v) is 13.4. The number of fused-ring (bicyclic) bond motifs is 3. The molecule has 1 heterocycles. The Bertz CT molecular complexity index is 1030. The molecule has 3 nitrogen and oxygen atoms in total. The van der Waals surface area contributed by atoms with Crippen LogP contribution in [0, 0.1) is 11.3 Å². The molecule has 2 N–H and O–H groups in total. The van der Waals surface area contributed by atoms with Crippen molar-refractivity contribution in [1.82, 2.24) is 0 Å². The lowest BCUT2D eigenvalue weighted by Gasteiger charge is -2.28. The van der Waals surface area contributed by atoms with Crippen molar-refractivity contribution in [2.24, 2.45) is 5.73 Å². The van der Waals surface area contributed by atoms with Crippen molar-refractivity contribution in [1.29, 1.82) is 5.26 Å². The maximum atomic E-state index is 9.67. The van der Waals surface area contributed by atoms with Gasteiger partial charge in [0.1, 0.15) is 17.4 Å². The first-order valence-electron chi connectivity index (χ1n) is 7.54. The van der Waals surface area contributed by atoms with Crippen molar-refractivity contribution in [3.8, 4) is 11.8 Å². The van der Waals surface area contributed by atoms with Gasteiger partial charge in [0.2, 0.25) is 5.88 Å². The summed E-state index contributed by atoms with van der Waals surface area (Å²) in [5.41, 5.74) is 8.17. The first-order chi connectivity index (χ1) is 11.7. The number of nitrogens with zero attached hydrogens (tertiary/aromatic N) is 1. The number of nitriles is 1. The van der Waals surface area contributed by atoms with Crippen LogP contribution in [0.15, 0.2) is 72.1 Å². The normalized spacial score (nSPS) is 16.4. The van der Waals surface area contributed by atoms with Gasteiger partial charge >= 0.3 is 0 Å². The summed E-state index contributed by atoms with van der Waals surface area (Å²) in [5, 5.41) is 12.4. The molecule has 0 saturated carbocycles. The van der Waals surface area contributed by atoms with E-state index in [1.807, 2.05) is 60.7 Å². The van der Waals surface area contributed by atoms with E-state index in [9.17, 15) is 5.26 Å². The van der Waals surface area contributed by atoms with Crippen LogP contribution < -0.4 is 10.5 Å². The third kappa shape index (κ3) is 2.12. The molecule has 0 fully saturated rings. The Labute approximate surface area is 144 Å². The Hall–Kier alpha value is -2.96. The molecule has 4 rings (SSSR count). The highest BCUT2D eigenvalue weighted by molar-refractivity contribution is 6.31. The number of nitrogens with two attached hydrogens (primary N) is 1. The molecule has 0 amide bonds. The topological polar surface area (TPSA) is 59.0 Å². The van der Waals surface area contributed by atoms with Gasteiger partial charge in [-0.3, -0.25) is 0 Å². The predicted molar refractivity (Wildman–Crippen MR) is 94.7 cm³/mol. The molecule has 1 atom stereocenters. The van der Waals surface area contributed by atoms with Crippen LogP contribution in [0.25, 0.3) is 10.8 Å². The van der Waals surface area contributed by atoms with E-state index < -0.39 is 0 Å². The average Bonchev–Trinajstić information content (AvgIpc) is 2.61. The summed E-state index contributed by atoms with van der Waals surface area (Å²) < 4.78 is 5.73. The minimum atomic E-state index is -0.349. The molecule has 3 aromatic carbocycles. The van der Waals surface area contributed by atoms with Crippen molar-refractivity contribution in [3.63, 3.8) is 0 Å². The van der Waals surface area contributed by atoms with Crippen LogP contribution in [0.3, 0.4) is 0 Å². The summed E-state index contributed by atoms with van der Waals surface area (Å²) in [5.74, 6) is 0.443. The Morgan fingerprint density at radius 1 is 1.00 bits per heavy atom. The van der Waals surface area contributed by atoms with Crippen molar-refractivity contribution < 1.29 is 4.74 Å². The number of hydrogen-bond donors (Lipinski definition) is 1. The minimum Gasteiger partial charge on any atom is -0.440 e. The molecule has 24 heavy (non-hydrogen) atoms. The maximum Gasteiger partial charge on any atom is 0.205 e. The summed E-state index contributed by atoms with van der Waals surface area (Å²) in [4.78, 5) is 0. The van der Waals surface area contributed by atoms with Crippen LogP contribution >= 0.6 is 11.6 Å². The molecular weight excluding hydrogens is 320 g/mol. The lowest BCUT2D eigenvalue weighted by atomic mass is 9.81. The molecule has 0 unspecified atom stereocenters. The molecule has 116 valence electrons. The maximum absolute atomic E-state index is 9.67. The summed E-state index contributed by atoms with van der Waals surface area (Å²) in [7, 11) is 0. The fraction of sp³-hybridized carbons (Fsp3) is 0.0500. The molecule has 0 aromatic heterocycles. The van der Waals surface area contributed by atoms with Crippen LogP contribution in [-0.4, -0.2) is 0 Å². The highest BCUT2D eigenvalue weighted by Gasteiger charge is 2.33. The summed E-state index contributed by atoms with van der Waals surface area (Å²) >= 11 is 6.43. The molecule has 0 aliphatic carbocycles. The molecule has 4 heteroatoms. The predicted octanol–water partition coefficient (Wildman–Crippen LogP) is 4.71. The van der Waals surface area contributed by atoms with E-state index in [1.165, 1.54) is 0 Å². The van der Waals surface area contributed by atoms with E-state index in [-0.39, 0.29) is 11.8 Å². The van der Waals surface area contributed by atoms with E-state index in [1.54, 1.807) is 0 Å². The van der Waals surface area contributed by atoms with E-state index >= 15 is 0 Å². The Kier molecular flexibility index (Phi) is 3.41. The highest BCUT2D eigenvalue weighted by Crippen LogP contribution is 2.46. The van der Waals surface area contributed by atoms with Crippen molar-refractivity contribution in [2.75, 3.05) is 0 Å². The van der Waals surface area contributed by atoms with Crippen molar-refractivity contribution in [2.45, 2.75) is 5.92 Å².